The van der Waals surface area contributed by atoms with Gasteiger partial charge in [0.05, 0.1) is 12.2 Å². The molecule has 1 aromatic carbocycles. The minimum absolute atomic E-state index is 0.0739. The number of benzene rings is 1. The van der Waals surface area contributed by atoms with Crippen LogP contribution in [-0.4, -0.2) is 27.4 Å². The Labute approximate surface area is 156 Å². The Hall–Kier alpha value is -1.91. The molecule has 1 aromatic rings. The molecule has 0 saturated heterocycles. The highest BCUT2D eigenvalue weighted by atomic mass is 16.4. The van der Waals surface area contributed by atoms with Crippen LogP contribution in [0, 0.1) is 0 Å². The van der Waals surface area contributed by atoms with E-state index in [0.29, 0.717) is 19.3 Å². The van der Waals surface area contributed by atoms with Gasteiger partial charge in [-0.15, -0.1) is 0 Å². The number of aliphatic hydroxyl groups excluding tert-OH is 2. The Bertz CT molecular complexity index is 560. The third-order valence-corrected chi connectivity index (χ3v) is 4.22. The minimum atomic E-state index is -0.842. The maximum absolute atomic E-state index is 10.4. The van der Waals surface area contributed by atoms with Crippen LogP contribution in [0.1, 0.15) is 75.5 Å². The summed E-state index contributed by atoms with van der Waals surface area (Å²) in [5.41, 5.74) is 1.82. The van der Waals surface area contributed by atoms with E-state index in [1.54, 1.807) is 6.08 Å². The number of carboxylic acid groups (broad SMARTS) is 1. The maximum atomic E-state index is 10.4. The average Bonchev–Trinajstić information content (AvgIpc) is 2.63. The van der Waals surface area contributed by atoms with E-state index >= 15 is 0 Å². The van der Waals surface area contributed by atoms with Crippen LogP contribution in [0.3, 0.4) is 0 Å². The fourth-order valence-corrected chi connectivity index (χ4v) is 2.60. The molecule has 4 heteroatoms. The number of carboxylic acids is 1. The van der Waals surface area contributed by atoms with E-state index in [1.165, 1.54) is 19.3 Å². The lowest BCUT2D eigenvalue weighted by Crippen LogP contribution is -2.03. The SMILES string of the molecule is CCCCCC=CCC(O)c1ccc(C=C[C@@H](O)CCCC(=O)O)cc1. The number of aliphatic carboxylic acids is 1. The van der Waals surface area contributed by atoms with Crippen molar-refractivity contribution in [2.45, 2.75) is 70.5 Å². The number of hydrogen-bond acceptors (Lipinski definition) is 3. The first-order valence-electron chi connectivity index (χ1n) is 9.54. The molecule has 1 unspecified atom stereocenters. The smallest absolute Gasteiger partial charge is 0.303 e. The summed E-state index contributed by atoms with van der Waals surface area (Å²) in [6.07, 6.45) is 12.8. The molecule has 0 bridgehead atoms. The van der Waals surface area contributed by atoms with Gasteiger partial charge >= 0.3 is 5.97 Å². The lowest BCUT2D eigenvalue weighted by molar-refractivity contribution is -0.137. The molecule has 2 atom stereocenters. The first-order valence-corrected chi connectivity index (χ1v) is 9.54. The molecule has 1 rings (SSSR count). The van der Waals surface area contributed by atoms with Crippen molar-refractivity contribution in [3.05, 3.63) is 53.6 Å². The Morgan fingerprint density at radius 3 is 2.46 bits per heavy atom. The maximum Gasteiger partial charge on any atom is 0.303 e. The Balaban J connectivity index is 2.39. The zero-order valence-corrected chi connectivity index (χ0v) is 15.7. The molecular formula is C22H32O4. The van der Waals surface area contributed by atoms with Gasteiger partial charge in [-0.05, 0) is 43.2 Å². The van der Waals surface area contributed by atoms with Crippen molar-refractivity contribution in [2.75, 3.05) is 0 Å². The van der Waals surface area contributed by atoms with Crippen molar-refractivity contribution in [1.82, 2.24) is 0 Å². The third-order valence-electron chi connectivity index (χ3n) is 4.22. The molecule has 4 nitrogen and oxygen atoms in total. The lowest BCUT2D eigenvalue weighted by atomic mass is 10.0. The zero-order valence-electron chi connectivity index (χ0n) is 15.7. The van der Waals surface area contributed by atoms with Gasteiger partial charge in [0.1, 0.15) is 0 Å². The molecule has 0 aliphatic carbocycles. The van der Waals surface area contributed by atoms with Gasteiger partial charge in [0.25, 0.3) is 0 Å². The van der Waals surface area contributed by atoms with Crippen molar-refractivity contribution in [3.8, 4) is 0 Å². The monoisotopic (exact) mass is 360 g/mol. The normalized spacial score (nSPS) is 14.1. The standard InChI is InChI=1S/C22H32O4/c1-2-3-4-5-6-7-10-21(24)19-15-12-18(13-16-19)14-17-20(23)9-8-11-22(25)26/h6-7,12-17,20-21,23-24H,2-5,8-11H2,1H3,(H,25,26)/t20-,21?/m0/s1. The number of carbonyl (C=O) groups is 1. The van der Waals surface area contributed by atoms with Crippen LogP contribution in [0.15, 0.2) is 42.5 Å². The van der Waals surface area contributed by atoms with Crippen LogP contribution >= 0.6 is 0 Å². The molecule has 26 heavy (non-hydrogen) atoms. The summed E-state index contributed by atoms with van der Waals surface area (Å²) in [6, 6.07) is 7.60. The van der Waals surface area contributed by atoms with Crippen molar-refractivity contribution in [2.24, 2.45) is 0 Å². The van der Waals surface area contributed by atoms with E-state index in [-0.39, 0.29) is 6.42 Å². The second-order valence-electron chi connectivity index (χ2n) is 6.60. The van der Waals surface area contributed by atoms with Crippen LogP contribution in [0.25, 0.3) is 6.08 Å². The average molecular weight is 360 g/mol. The first kappa shape index (κ1) is 22.1. The number of aliphatic hydroxyl groups is 2. The van der Waals surface area contributed by atoms with E-state index < -0.39 is 18.2 Å². The van der Waals surface area contributed by atoms with E-state index in [0.717, 1.165) is 17.5 Å². The van der Waals surface area contributed by atoms with Crippen LogP contribution in [-0.2, 0) is 4.79 Å². The Morgan fingerprint density at radius 2 is 1.81 bits per heavy atom. The summed E-state index contributed by atoms with van der Waals surface area (Å²) in [5.74, 6) is -0.842. The number of hydrogen-bond donors (Lipinski definition) is 3. The van der Waals surface area contributed by atoms with Gasteiger partial charge in [0.15, 0.2) is 0 Å². The second kappa shape index (κ2) is 13.3. The first-order chi connectivity index (χ1) is 12.5. The van der Waals surface area contributed by atoms with Gasteiger partial charge in [-0.3, -0.25) is 4.79 Å². The van der Waals surface area contributed by atoms with E-state index in [4.69, 9.17) is 5.11 Å². The second-order valence-corrected chi connectivity index (χ2v) is 6.60. The minimum Gasteiger partial charge on any atom is -0.481 e. The highest BCUT2D eigenvalue weighted by molar-refractivity contribution is 5.66. The largest absolute Gasteiger partial charge is 0.481 e. The summed E-state index contributed by atoms with van der Waals surface area (Å²) >= 11 is 0. The fraction of sp³-hybridized carbons (Fsp3) is 0.500. The predicted octanol–water partition coefficient (Wildman–Crippen LogP) is 4.88. The van der Waals surface area contributed by atoms with Crippen LogP contribution in [0.4, 0.5) is 0 Å². The van der Waals surface area contributed by atoms with Gasteiger partial charge in [-0.1, -0.05) is 68.3 Å². The van der Waals surface area contributed by atoms with Crippen LogP contribution in [0.5, 0.6) is 0 Å². The Kier molecular flexibility index (Phi) is 11.3. The van der Waals surface area contributed by atoms with Gasteiger partial charge in [-0.25, -0.2) is 0 Å². The highest BCUT2D eigenvalue weighted by Crippen LogP contribution is 2.19. The van der Waals surface area contributed by atoms with Gasteiger partial charge in [-0.2, -0.15) is 0 Å². The van der Waals surface area contributed by atoms with Crippen molar-refractivity contribution < 1.29 is 20.1 Å². The Morgan fingerprint density at radius 1 is 1.08 bits per heavy atom. The fourth-order valence-electron chi connectivity index (χ4n) is 2.60. The third kappa shape index (κ3) is 10.2. The molecule has 0 saturated carbocycles. The highest BCUT2D eigenvalue weighted by Gasteiger charge is 2.05. The molecule has 0 aliphatic heterocycles. The molecule has 0 amide bonds. The zero-order chi connectivity index (χ0) is 19.2. The molecule has 0 aromatic heterocycles. The van der Waals surface area contributed by atoms with E-state index in [1.807, 2.05) is 36.4 Å². The molecule has 0 aliphatic rings. The summed E-state index contributed by atoms with van der Waals surface area (Å²) in [5, 5.41) is 28.6. The molecule has 0 spiro atoms. The van der Waals surface area contributed by atoms with Crippen LogP contribution in [0.2, 0.25) is 0 Å². The number of unbranched alkanes of at least 4 members (excludes halogenated alkanes) is 3. The van der Waals surface area contributed by atoms with Gasteiger partial charge in [0.2, 0.25) is 0 Å². The topological polar surface area (TPSA) is 77.8 Å². The van der Waals surface area contributed by atoms with Gasteiger partial charge in [0, 0.05) is 6.42 Å². The summed E-state index contributed by atoms with van der Waals surface area (Å²) in [7, 11) is 0. The summed E-state index contributed by atoms with van der Waals surface area (Å²) < 4.78 is 0. The summed E-state index contributed by atoms with van der Waals surface area (Å²) in [6.45, 7) is 2.19. The molecule has 0 heterocycles. The van der Waals surface area contributed by atoms with E-state index in [2.05, 4.69) is 13.0 Å². The molecule has 144 valence electrons. The molecule has 0 fully saturated rings. The number of rotatable bonds is 13. The van der Waals surface area contributed by atoms with E-state index in [9.17, 15) is 15.0 Å². The lowest BCUT2D eigenvalue weighted by Gasteiger charge is -2.09. The van der Waals surface area contributed by atoms with Crippen molar-refractivity contribution in [1.29, 1.82) is 0 Å². The summed E-state index contributed by atoms with van der Waals surface area (Å²) in [4.78, 5) is 10.4. The molecular weight excluding hydrogens is 328 g/mol. The van der Waals surface area contributed by atoms with Crippen molar-refractivity contribution >= 4 is 12.0 Å². The number of allylic oxidation sites excluding steroid dienone is 1. The predicted molar refractivity (Wildman–Crippen MR) is 106 cm³/mol. The van der Waals surface area contributed by atoms with Crippen molar-refractivity contribution in [3.63, 3.8) is 0 Å². The quantitative estimate of drug-likeness (QED) is 0.346. The molecule has 3 N–H and O–H groups in total. The van der Waals surface area contributed by atoms with Gasteiger partial charge < -0.3 is 15.3 Å². The van der Waals surface area contributed by atoms with Crippen LogP contribution < -0.4 is 0 Å². The molecule has 0 radical (unpaired) electrons.